The summed E-state index contributed by atoms with van der Waals surface area (Å²) in [6.45, 7) is 5.79. The third-order valence-corrected chi connectivity index (χ3v) is 4.82. The summed E-state index contributed by atoms with van der Waals surface area (Å²) in [5, 5.41) is 12.8. The smallest absolute Gasteiger partial charge is 0.0434 e. The van der Waals surface area contributed by atoms with Gasteiger partial charge < -0.3 is 10.4 Å². The van der Waals surface area contributed by atoms with E-state index in [1.165, 1.54) is 44.1 Å². The average Bonchev–Trinajstić information content (AvgIpc) is 2.52. The number of hydrogen-bond donors (Lipinski definition) is 2. The molecule has 21 heavy (non-hydrogen) atoms. The van der Waals surface area contributed by atoms with Crippen LogP contribution in [-0.4, -0.2) is 18.3 Å². The normalized spacial score (nSPS) is 17.3. The highest BCUT2D eigenvalue weighted by atomic mass is 16.3. The van der Waals surface area contributed by atoms with Gasteiger partial charge in [-0.15, -0.1) is 0 Å². The zero-order chi connectivity index (χ0) is 15.1. The largest absolute Gasteiger partial charge is 0.396 e. The van der Waals surface area contributed by atoms with E-state index >= 15 is 0 Å². The predicted octanol–water partition coefficient (Wildman–Crippen LogP) is 4.01. The van der Waals surface area contributed by atoms with E-state index in [1.807, 2.05) is 0 Å². The van der Waals surface area contributed by atoms with Crippen LogP contribution >= 0.6 is 0 Å². The predicted molar refractivity (Wildman–Crippen MR) is 89.6 cm³/mol. The second-order valence-corrected chi connectivity index (χ2v) is 6.53. The van der Waals surface area contributed by atoms with Crippen molar-refractivity contribution in [1.29, 1.82) is 0 Å². The second kappa shape index (κ2) is 8.55. The lowest BCUT2D eigenvalue weighted by Gasteiger charge is -2.22. The lowest BCUT2D eigenvalue weighted by atomic mass is 9.89. The minimum absolute atomic E-state index is 0.305. The van der Waals surface area contributed by atoms with Crippen LogP contribution in [0.1, 0.15) is 68.7 Å². The molecule has 2 unspecified atom stereocenters. The SMILES string of the molecule is CCCC(CCO)CNC(C)c1ccc2c(c1)CCCC2. The molecule has 0 bridgehead atoms. The van der Waals surface area contributed by atoms with Crippen LogP contribution in [0.2, 0.25) is 0 Å². The maximum Gasteiger partial charge on any atom is 0.0434 e. The molecule has 2 heteroatoms. The molecular weight excluding hydrogens is 258 g/mol. The third-order valence-electron chi connectivity index (χ3n) is 4.82. The molecule has 0 aromatic heterocycles. The first-order chi connectivity index (χ1) is 10.2. The molecule has 0 saturated carbocycles. The Morgan fingerprint density at radius 1 is 1.14 bits per heavy atom. The van der Waals surface area contributed by atoms with E-state index in [9.17, 15) is 0 Å². The summed E-state index contributed by atoms with van der Waals surface area (Å²) >= 11 is 0. The Hall–Kier alpha value is -0.860. The van der Waals surface area contributed by atoms with Gasteiger partial charge in [-0.25, -0.2) is 0 Å². The van der Waals surface area contributed by atoms with Gasteiger partial charge in [0.15, 0.2) is 0 Å². The molecule has 2 N–H and O–H groups in total. The van der Waals surface area contributed by atoms with Crippen molar-refractivity contribution in [2.24, 2.45) is 5.92 Å². The monoisotopic (exact) mass is 289 g/mol. The van der Waals surface area contributed by atoms with Gasteiger partial charge in [-0.2, -0.15) is 0 Å². The minimum Gasteiger partial charge on any atom is -0.396 e. The van der Waals surface area contributed by atoms with Crippen molar-refractivity contribution in [2.45, 2.75) is 64.8 Å². The van der Waals surface area contributed by atoms with Crippen LogP contribution in [0, 0.1) is 5.92 Å². The van der Waals surface area contributed by atoms with Crippen molar-refractivity contribution in [3.63, 3.8) is 0 Å². The summed E-state index contributed by atoms with van der Waals surface area (Å²) < 4.78 is 0. The lowest BCUT2D eigenvalue weighted by Crippen LogP contribution is -2.26. The van der Waals surface area contributed by atoms with Gasteiger partial charge in [0.1, 0.15) is 0 Å². The van der Waals surface area contributed by atoms with Gasteiger partial charge in [-0.3, -0.25) is 0 Å². The first-order valence-corrected chi connectivity index (χ1v) is 8.70. The summed E-state index contributed by atoms with van der Waals surface area (Å²) in [7, 11) is 0. The molecule has 2 atom stereocenters. The lowest BCUT2D eigenvalue weighted by molar-refractivity contribution is 0.246. The number of nitrogens with one attached hydrogen (secondary N) is 1. The highest BCUT2D eigenvalue weighted by molar-refractivity contribution is 5.35. The summed E-state index contributed by atoms with van der Waals surface area (Å²) in [5.74, 6) is 0.597. The molecular formula is C19H31NO. The minimum atomic E-state index is 0.305. The van der Waals surface area contributed by atoms with Gasteiger partial charge in [0, 0.05) is 12.6 Å². The maximum absolute atomic E-state index is 9.15. The number of aryl methyl sites for hydroxylation is 2. The Kier molecular flexibility index (Phi) is 6.72. The van der Waals surface area contributed by atoms with Crippen LogP contribution in [0.25, 0.3) is 0 Å². The molecule has 1 aliphatic rings. The van der Waals surface area contributed by atoms with Crippen molar-refractivity contribution >= 4 is 0 Å². The fourth-order valence-electron chi connectivity index (χ4n) is 3.42. The number of fused-ring (bicyclic) bond motifs is 1. The van der Waals surface area contributed by atoms with Crippen molar-refractivity contribution in [3.8, 4) is 0 Å². The first-order valence-electron chi connectivity index (χ1n) is 8.70. The number of aliphatic hydroxyl groups excluding tert-OH is 1. The van der Waals surface area contributed by atoms with Gasteiger partial charge in [0.25, 0.3) is 0 Å². The van der Waals surface area contributed by atoms with E-state index in [1.54, 1.807) is 11.1 Å². The molecule has 2 nitrogen and oxygen atoms in total. The Morgan fingerprint density at radius 2 is 1.90 bits per heavy atom. The molecule has 0 aliphatic heterocycles. The molecule has 1 aromatic carbocycles. The first kappa shape index (κ1) is 16.5. The average molecular weight is 289 g/mol. The summed E-state index contributed by atoms with van der Waals surface area (Å²) in [4.78, 5) is 0. The van der Waals surface area contributed by atoms with Crippen LogP contribution in [0.5, 0.6) is 0 Å². The summed E-state index contributed by atoms with van der Waals surface area (Å²) in [5.41, 5.74) is 4.53. The molecule has 0 heterocycles. The molecule has 0 saturated heterocycles. The summed E-state index contributed by atoms with van der Waals surface area (Å²) in [6.07, 6.45) is 8.50. The zero-order valence-corrected chi connectivity index (χ0v) is 13.7. The van der Waals surface area contributed by atoms with Gasteiger partial charge in [0.05, 0.1) is 0 Å². The highest BCUT2D eigenvalue weighted by Gasteiger charge is 2.14. The van der Waals surface area contributed by atoms with Crippen LogP contribution in [0.4, 0.5) is 0 Å². The molecule has 0 spiro atoms. The maximum atomic E-state index is 9.15. The van der Waals surface area contributed by atoms with E-state index in [0.717, 1.165) is 13.0 Å². The molecule has 1 aromatic rings. The molecule has 0 amide bonds. The fraction of sp³-hybridized carbons (Fsp3) is 0.684. The Bertz CT molecular complexity index is 424. The van der Waals surface area contributed by atoms with Crippen molar-refractivity contribution < 1.29 is 5.11 Å². The van der Waals surface area contributed by atoms with Crippen molar-refractivity contribution in [2.75, 3.05) is 13.2 Å². The molecule has 2 rings (SSSR count). The van der Waals surface area contributed by atoms with Crippen LogP contribution in [0.15, 0.2) is 18.2 Å². The van der Waals surface area contributed by atoms with E-state index < -0.39 is 0 Å². The topological polar surface area (TPSA) is 32.3 Å². The van der Waals surface area contributed by atoms with Gasteiger partial charge in [-0.05, 0) is 74.6 Å². The van der Waals surface area contributed by atoms with Crippen molar-refractivity contribution in [3.05, 3.63) is 34.9 Å². The zero-order valence-electron chi connectivity index (χ0n) is 13.7. The van der Waals surface area contributed by atoms with Crippen LogP contribution in [-0.2, 0) is 12.8 Å². The second-order valence-electron chi connectivity index (χ2n) is 6.53. The molecule has 118 valence electrons. The van der Waals surface area contributed by atoms with E-state index in [-0.39, 0.29) is 0 Å². The molecule has 1 aliphatic carbocycles. The van der Waals surface area contributed by atoms with Gasteiger partial charge in [-0.1, -0.05) is 31.5 Å². The quantitative estimate of drug-likeness (QED) is 0.757. The Morgan fingerprint density at radius 3 is 2.62 bits per heavy atom. The van der Waals surface area contributed by atoms with E-state index in [4.69, 9.17) is 5.11 Å². The summed E-state index contributed by atoms with van der Waals surface area (Å²) in [6, 6.07) is 7.44. The number of benzene rings is 1. The fourth-order valence-corrected chi connectivity index (χ4v) is 3.42. The number of aliphatic hydroxyl groups is 1. The molecule has 0 fully saturated rings. The standard InChI is InChI=1S/C19H31NO/c1-3-6-16(11-12-21)14-20-15(2)18-10-9-17-7-4-5-8-19(17)13-18/h9-10,13,15-16,20-21H,3-8,11-12,14H2,1-2H3. The Balaban J connectivity index is 1.91. The van der Waals surface area contributed by atoms with Crippen LogP contribution < -0.4 is 5.32 Å². The Labute approximate surface area is 130 Å². The third kappa shape index (κ3) is 4.82. The van der Waals surface area contributed by atoms with Gasteiger partial charge >= 0.3 is 0 Å². The molecule has 0 radical (unpaired) electrons. The number of rotatable bonds is 8. The highest BCUT2D eigenvalue weighted by Crippen LogP contribution is 2.25. The number of hydrogen-bond acceptors (Lipinski definition) is 2. The van der Waals surface area contributed by atoms with Crippen molar-refractivity contribution in [1.82, 2.24) is 5.32 Å². The van der Waals surface area contributed by atoms with E-state index in [0.29, 0.717) is 18.6 Å². The van der Waals surface area contributed by atoms with E-state index in [2.05, 4.69) is 37.4 Å². The van der Waals surface area contributed by atoms with Gasteiger partial charge in [0.2, 0.25) is 0 Å². The van der Waals surface area contributed by atoms with Crippen LogP contribution in [0.3, 0.4) is 0 Å².